The molecule has 2 rings (SSSR count). The van der Waals surface area contributed by atoms with E-state index in [4.69, 9.17) is 9.84 Å². The van der Waals surface area contributed by atoms with Gasteiger partial charge in [0.1, 0.15) is 4.90 Å². The zero-order valence-corrected chi connectivity index (χ0v) is 13.2. The van der Waals surface area contributed by atoms with Gasteiger partial charge in [-0.25, -0.2) is 27.7 Å². The fourth-order valence-corrected chi connectivity index (χ4v) is 2.69. The minimum Gasteiger partial charge on any atom is -0.481 e. The molecule has 0 radical (unpaired) electrons. The molecule has 2 aromatic heterocycles. The van der Waals surface area contributed by atoms with Crippen LogP contribution in [-0.4, -0.2) is 42.6 Å². The Hall–Kier alpha value is -3.15. The van der Waals surface area contributed by atoms with Gasteiger partial charge in [0.05, 0.1) is 13.4 Å². The van der Waals surface area contributed by atoms with Crippen molar-refractivity contribution in [3.8, 4) is 5.88 Å². The van der Waals surface area contributed by atoms with Gasteiger partial charge < -0.3 is 14.3 Å². The predicted octanol–water partition coefficient (Wildman–Crippen LogP) is 0.595. The molecule has 3 N–H and O–H groups in total. The second kappa shape index (κ2) is 6.54. The Labute approximate surface area is 135 Å². The van der Waals surface area contributed by atoms with Crippen molar-refractivity contribution in [2.24, 2.45) is 0 Å². The molecule has 0 saturated carbocycles. The van der Waals surface area contributed by atoms with Crippen LogP contribution in [0.4, 0.5) is 10.7 Å². The van der Waals surface area contributed by atoms with Crippen LogP contribution in [0.2, 0.25) is 0 Å². The number of hydrogen-bond acceptors (Lipinski definition) is 8. The number of ether oxygens (including phenoxy) is 1. The molecule has 0 atom stereocenters. The third-order valence-corrected chi connectivity index (χ3v) is 3.96. The molecule has 0 aliphatic rings. The van der Waals surface area contributed by atoms with Crippen LogP contribution in [0, 0.1) is 6.92 Å². The number of urea groups is 1. The summed E-state index contributed by atoms with van der Waals surface area (Å²) >= 11 is 0. The molecule has 128 valence electrons. The highest BCUT2D eigenvalue weighted by atomic mass is 32.2. The Morgan fingerprint density at radius 1 is 1.33 bits per heavy atom. The number of rotatable bonds is 5. The van der Waals surface area contributed by atoms with E-state index >= 15 is 0 Å². The Balaban J connectivity index is 2.18. The molecule has 12 heteroatoms. The summed E-state index contributed by atoms with van der Waals surface area (Å²) in [7, 11) is -3.10. The molecule has 2 heterocycles. The minimum absolute atomic E-state index is 0.170. The van der Waals surface area contributed by atoms with Gasteiger partial charge >= 0.3 is 12.0 Å². The quantitative estimate of drug-likeness (QED) is 0.696. The Kier molecular flexibility index (Phi) is 4.69. The van der Waals surface area contributed by atoms with E-state index in [1.54, 1.807) is 11.6 Å². The predicted molar refractivity (Wildman–Crippen MR) is 78.3 cm³/mol. The van der Waals surface area contributed by atoms with Crippen molar-refractivity contribution < 1.29 is 32.3 Å². The molecular weight excluding hydrogens is 344 g/mol. The van der Waals surface area contributed by atoms with Gasteiger partial charge in [-0.1, -0.05) is 0 Å². The molecule has 0 aliphatic heterocycles. The first-order valence-electron chi connectivity index (χ1n) is 6.27. The van der Waals surface area contributed by atoms with E-state index in [1.165, 1.54) is 13.2 Å². The van der Waals surface area contributed by atoms with E-state index < -0.39 is 32.7 Å². The van der Waals surface area contributed by atoms with Crippen LogP contribution in [0.1, 0.15) is 16.2 Å². The smallest absolute Gasteiger partial charge is 0.373 e. The number of nitrogens with zero attached hydrogens (tertiary/aromatic N) is 2. The number of sulfonamides is 1. The average molecular weight is 356 g/mol. The number of anilines is 1. The fourth-order valence-electron chi connectivity index (χ4n) is 1.67. The standard InChI is InChI=1S/C12H12N4O7S/c1-6-5-8(22-2)14-11(13-6)15-12(19)16-24(20,21)7-3-4-23-9(7)10(17)18/h3-5H,1-2H3,(H,17,18)(H2,13,14,15,16,19). The first-order chi connectivity index (χ1) is 11.2. The Bertz CT molecular complexity index is 891. The SMILES string of the molecule is COc1cc(C)nc(NC(=O)NS(=O)(=O)c2ccoc2C(=O)O)n1. The van der Waals surface area contributed by atoms with Crippen molar-refractivity contribution in [2.75, 3.05) is 12.4 Å². The molecule has 11 nitrogen and oxygen atoms in total. The summed E-state index contributed by atoms with van der Waals surface area (Å²) in [5.74, 6) is -2.43. The normalized spacial score (nSPS) is 10.9. The molecule has 0 aromatic carbocycles. The van der Waals surface area contributed by atoms with Crippen molar-refractivity contribution >= 4 is 28.0 Å². The van der Waals surface area contributed by atoms with Crippen LogP contribution in [0.5, 0.6) is 5.88 Å². The second-order valence-electron chi connectivity index (χ2n) is 4.35. The second-order valence-corrected chi connectivity index (χ2v) is 6.00. The van der Waals surface area contributed by atoms with E-state index in [0.29, 0.717) is 5.69 Å². The third kappa shape index (κ3) is 3.78. The number of carboxylic acid groups (broad SMARTS) is 1. The zero-order chi connectivity index (χ0) is 17.9. The van der Waals surface area contributed by atoms with Crippen LogP contribution >= 0.6 is 0 Å². The number of hydrogen-bond donors (Lipinski definition) is 3. The van der Waals surface area contributed by atoms with E-state index in [9.17, 15) is 18.0 Å². The lowest BCUT2D eigenvalue weighted by molar-refractivity contribution is 0.0656. The molecule has 0 fully saturated rings. The number of furan rings is 1. The maximum absolute atomic E-state index is 12.0. The molecule has 0 unspecified atom stereocenters. The Morgan fingerprint density at radius 2 is 2.04 bits per heavy atom. The molecule has 0 aliphatic carbocycles. The summed E-state index contributed by atoms with van der Waals surface area (Å²) in [4.78, 5) is 29.7. The van der Waals surface area contributed by atoms with Gasteiger partial charge in [0, 0.05) is 11.8 Å². The van der Waals surface area contributed by atoms with Crippen LogP contribution < -0.4 is 14.8 Å². The fraction of sp³-hybridized carbons (Fsp3) is 0.167. The first kappa shape index (κ1) is 17.2. The maximum Gasteiger partial charge on any atom is 0.373 e. The van der Waals surface area contributed by atoms with Crippen LogP contribution in [0.3, 0.4) is 0 Å². The topological polar surface area (TPSA) is 161 Å². The number of aromatic carboxylic acids is 1. The van der Waals surface area contributed by atoms with Crippen LogP contribution in [0.25, 0.3) is 0 Å². The van der Waals surface area contributed by atoms with E-state index in [-0.39, 0.29) is 11.8 Å². The van der Waals surface area contributed by atoms with Gasteiger partial charge in [-0.05, 0) is 13.0 Å². The van der Waals surface area contributed by atoms with E-state index in [1.807, 2.05) is 0 Å². The number of nitrogens with one attached hydrogen (secondary N) is 2. The molecule has 0 spiro atoms. The van der Waals surface area contributed by atoms with Crippen molar-refractivity contribution in [3.05, 3.63) is 29.9 Å². The molecule has 0 saturated heterocycles. The summed E-state index contributed by atoms with van der Waals surface area (Å²) in [5, 5.41) is 11.0. The number of carbonyl (C=O) groups excluding carboxylic acids is 1. The van der Waals surface area contributed by atoms with Crippen molar-refractivity contribution in [2.45, 2.75) is 11.8 Å². The lowest BCUT2D eigenvalue weighted by atomic mass is 10.4. The summed E-state index contributed by atoms with van der Waals surface area (Å²) < 4.78 is 35.2. The molecule has 2 aromatic rings. The van der Waals surface area contributed by atoms with E-state index in [0.717, 1.165) is 12.3 Å². The molecule has 24 heavy (non-hydrogen) atoms. The molecule has 2 amide bonds. The number of carbonyl (C=O) groups is 2. The number of amides is 2. The number of carboxylic acids is 1. The van der Waals surface area contributed by atoms with Gasteiger partial charge in [-0.15, -0.1) is 0 Å². The monoisotopic (exact) mass is 356 g/mol. The summed E-state index contributed by atoms with van der Waals surface area (Å²) in [6.07, 6.45) is 0.879. The summed E-state index contributed by atoms with van der Waals surface area (Å²) in [5.41, 5.74) is 0.475. The highest BCUT2D eigenvalue weighted by molar-refractivity contribution is 7.90. The number of aryl methyl sites for hydroxylation is 1. The Morgan fingerprint density at radius 3 is 2.67 bits per heavy atom. The van der Waals surface area contributed by atoms with Gasteiger partial charge in [0.25, 0.3) is 10.0 Å². The lowest BCUT2D eigenvalue weighted by Crippen LogP contribution is -2.35. The van der Waals surface area contributed by atoms with Gasteiger partial charge in [0.2, 0.25) is 17.6 Å². The van der Waals surface area contributed by atoms with Crippen LogP contribution in [-0.2, 0) is 10.0 Å². The minimum atomic E-state index is -4.46. The van der Waals surface area contributed by atoms with E-state index in [2.05, 4.69) is 19.7 Å². The van der Waals surface area contributed by atoms with Crippen molar-refractivity contribution in [1.82, 2.24) is 14.7 Å². The first-order valence-corrected chi connectivity index (χ1v) is 7.75. The molecule has 0 bridgehead atoms. The van der Waals surface area contributed by atoms with Gasteiger partial charge in [-0.2, -0.15) is 4.98 Å². The maximum atomic E-state index is 12.0. The average Bonchev–Trinajstić information content (AvgIpc) is 2.96. The highest BCUT2D eigenvalue weighted by Gasteiger charge is 2.27. The van der Waals surface area contributed by atoms with Crippen molar-refractivity contribution in [1.29, 1.82) is 0 Å². The van der Waals surface area contributed by atoms with Gasteiger partial charge in [-0.3, -0.25) is 5.32 Å². The van der Waals surface area contributed by atoms with Crippen LogP contribution in [0.15, 0.2) is 27.7 Å². The van der Waals surface area contributed by atoms with Gasteiger partial charge in [0.15, 0.2) is 0 Å². The highest BCUT2D eigenvalue weighted by Crippen LogP contribution is 2.17. The summed E-state index contributed by atoms with van der Waals surface area (Å²) in [6.45, 7) is 1.62. The summed E-state index contributed by atoms with van der Waals surface area (Å²) in [6, 6.07) is 1.23. The zero-order valence-electron chi connectivity index (χ0n) is 12.4. The lowest BCUT2D eigenvalue weighted by Gasteiger charge is -2.08. The van der Waals surface area contributed by atoms with Crippen molar-refractivity contribution in [3.63, 3.8) is 0 Å². The largest absolute Gasteiger partial charge is 0.481 e. The third-order valence-electron chi connectivity index (χ3n) is 2.61. The number of aromatic nitrogens is 2. The molecular formula is C12H12N4O7S. The number of methoxy groups -OCH3 is 1.